The normalized spacial score (nSPS) is 11.0. The van der Waals surface area contributed by atoms with Crippen LogP contribution >= 0.6 is 0 Å². The summed E-state index contributed by atoms with van der Waals surface area (Å²) in [6, 6.07) is 14.8. The monoisotopic (exact) mass is 336 g/mol. The summed E-state index contributed by atoms with van der Waals surface area (Å²) in [5.41, 5.74) is 2.39. The fourth-order valence-corrected chi connectivity index (χ4v) is 2.60. The molecule has 2 N–H and O–H groups in total. The first-order valence-corrected chi connectivity index (χ1v) is 8.04. The minimum absolute atomic E-state index is 0.116. The van der Waals surface area contributed by atoms with Crippen molar-refractivity contribution < 1.29 is 4.79 Å². The Morgan fingerprint density at radius 1 is 1.16 bits per heavy atom. The Hall–Kier alpha value is -2.99. The Labute approximate surface area is 145 Å². The maximum Gasteiger partial charge on any atom is 0.258 e. The molecule has 0 saturated carbocycles. The van der Waals surface area contributed by atoms with Crippen molar-refractivity contribution in [2.45, 2.75) is 13.5 Å². The molecule has 0 aliphatic rings. The number of para-hydroxylation sites is 1. The number of benzene rings is 2. The lowest BCUT2D eigenvalue weighted by Crippen LogP contribution is -2.31. The lowest BCUT2D eigenvalue weighted by Gasteiger charge is -2.16. The number of aromatic amines is 1. The van der Waals surface area contributed by atoms with Crippen molar-refractivity contribution in [1.29, 1.82) is 0 Å². The molecule has 1 amide bonds. The van der Waals surface area contributed by atoms with Crippen molar-refractivity contribution in [3.05, 3.63) is 70.3 Å². The molecule has 0 radical (unpaired) electrons. The van der Waals surface area contributed by atoms with Gasteiger partial charge in [0.25, 0.3) is 5.56 Å². The molecule has 0 atom stereocenters. The van der Waals surface area contributed by atoms with Gasteiger partial charge in [-0.15, -0.1) is 0 Å². The molecule has 0 aliphatic carbocycles. The highest BCUT2D eigenvalue weighted by Gasteiger charge is 2.10. The number of carbonyl (C=O) groups excluding carboxylic acids is 1. The number of nitrogens with one attached hydrogen (secondary N) is 2. The number of amides is 1. The summed E-state index contributed by atoms with van der Waals surface area (Å²) in [6.45, 7) is 2.57. The van der Waals surface area contributed by atoms with Gasteiger partial charge < -0.3 is 10.3 Å². The third kappa shape index (κ3) is 4.30. The van der Waals surface area contributed by atoms with Gasteiger partial charge in [-0.05, 0) is 38.2 Å². The molecule has 1 heterocycles. The Bertz CT molecular complexity index is 948. The largest absolute Gasteiger partial charge is 0.325 e. The second kappa shape index (κ2) is 7.27. The first kappa shape index (κ1) is 16.9. The van der Waals surface area contributed by atoms with Crippen LogP contribution in [0.1, 0.15) is 11.4 Å². The van der Waals surface area contributed by atoms with Crippen LogP contribution in [0.3, 0.4) is 0 Å². The van der Waals surface area contributed by atoms with E-state index >= 15 is 0 Å². The molecular weight excluding hydrogens is 316 g/mol. The maximum atomic E-state index is 12.1. The van der Waals surface area contributed by atoms with E-state index in [1.807, 2.05) is 44.3 Å². The van der Waals surface area contributed by atoms with E-state index < -0.39 is 0 Å². The number of hydrogen-bond acceptors (Lipinski definition) is 4. The molecule has 0 saturated heterocycles. The molecule has 1 aromatic heterocycles. The summed E-state index contributed by atoms with van der Waals surface area (Å²) in [7, 11) is 1.81. The molecule has 0 fully saturated rings. The van der Waals surface area contributed by atoms with E-state index in [0.29, 0.717) is 23.3 Å². The zero-order valence-electron chi connectivity index (χ0n) is 14.2. The number of rotatable bonds is 5. The van der Waals surface area contributed by atoms with Gasteiger partial charge in [0.1, 0.15) is 5.82 Å². The molecule has 128 valence electrons. The molecule has 3 rings (SSSR count). The third-order valence-corrected chi connectivity index (χ3v) is 3.83. The predicted molar refractivity (Wildman–Crippen MR) is 98.5 cm³/mol. The number of nitrogens with zero attached hydrogens (tertiary/aromatic N) is 2. The SMILES string of the molecule is Cc1ccc(NC(=O)CN(C)Cc2nc3ccccc3c(=O)[nH]2)cc1. The van der Waals surface area contributed by atoms with Gasteiger partial charge in [0, 0.05) is 5.69 Å². The Morgan fingerprint density at radius 2 is 1.88 bits per heavy atom. The van der Waals surface area contributed by atoms with E-state index in [9.17, 15) is 9.59 Å². The van der Waals surface area contributed by atoms with Gasteiger partial charge in [0.2, 0.25) is 5.91 Å². The van der Waals surface area contributed by atoms with Gasteiger partial charge in [-0.1, -0.05) is 29.8 Å². The number of fused-ring (bicyclic) bond motifs is 1. The van der Waals surface area contributed by atoms with Crippen molar-refractivity contribution in [1.82, 2.24) is 14.9 Å². The standard InChI is InChI=1S/C19H20N4O2/c1-13-7-9-14(10-8-13)20-18(24)12-23(2)11-17-21-16-6-4-3-5-15(16)19(25)22-17/h3-10H,11-12H2,1-2H3,(H,20,24)(H,21,22,25). The van der Waals surface area contributed by atoms with Crippen LogP contribution in [0.2, 0.25) is 0 Å². The van der Waals surface area contributed by atoms with Gasteiger partial charge in [0.05, 0.1) is 24.0 Å². The molecule has 6 nitrogen and oxygen atoms in total. The average Bonchev–Trinajstić information content (AvgIpc) is 2.57. The van der Waals surface area contributed by atoms with Crippen molar-refractivity contribution in [2.24, 2.45) is 0 Å². The van der Waals surface area contributed by atoms with Crippen molar-refractivity contribution in [3.8, 4) is 0 Å². The summed E-state index contributed by atoms with van der Waals surface area (Å²) < 4.78 is 0. The quantitative estimate of drug-likeness (QED) is 0.749. The van der Waals surface area contributed by atoms with Crippen molar-refractivity contribution >= 4 is 22.5 Å². The summed E-state index contributed by atoms with van der Waals surface area (Å²) in [4.78, 5) is 33.2. The van der Waals surface area contributed by atoms with E-state index in [1.165, 1.54) is 0 Å². The average molecular weight is 336 g/mol. The van der Waals surface area contributed by atoms with Gasteiger partial charge in [-0.25, -0.2) is 4.98 Å². The van der Waals surface area contributed by atoms with Crippen LogP contribution in [0.15, 0.2) is 53.3 Å². The van der Waals surface area contributed by atoms with Crippen LogP contribution in [-0.2, 0) is 11.3 Å². The molecule has 3 aromatic rings. The maximum absolute atomic E-state index is 12.1. The zero-order valence-corrected chi connectivity index (χ0v) is 14.2. The zero-order chi connectivity index (χ0) is 17.8. The summed E-state index contributed by atoms with van der Waals surface area (Å²) >= 11 is 0. The van der Waals surface area contributed by atoms with Crippen molar-refractivity contribution in [3.63, 3.8) is 0 Å². The van der Waals surface area contributed by atoms with E-state index in [-0.39, 0.29) is 18.0 Å². The highest BCUT2D eigenvalue weighted by molar-refractivity contribution is 5.92. The third-order valence-electron chi connectivity index (χ3n) is 3.83. The van der Waals surface area contributed by atoms with E-state index in [4.69, 9.17) is 0 Å². The van der Waals surface area contributed by atoms with E-state index in [2.05, 4.69) is 15.3 Å². The number of aryl methyl sites for hydroxylation is 1. The molecule has 0 spiro atoms. The first-order valence-electron chi connectivity index (χ1n) is 8.04. The molecule has 2 aromatic carbocycles. The lowest BCUT2D eigenvalue weighted by molar-refractivity contribution is -0.117. The predicted octanol–water partition coefficient (Wildman–Crippen LogP) is 2.30. The second-order valence-electron chi connectivity index (χ2n) is 6.12. The topological polar surface area (TPSA) is 78.1 Å². The summed E-state index contributed by atoms with van der Waals surface area (Å²) in [6.07, 6.45) is 0. The molecule has 25 heavy (non-hydrogen) atoms. The summed E-state index contributed by atoms with van der Waals surface area (Å²) in [5.74, 6) is 0.420. The minimum atomic E-state index is -0.168. The fraction of sp³-hybridized carbons (Fsp3) is 0.211. The number of anilines is 1. The molecule has 6 heteroatoms. The fourth-order valence-electron chi connectivity index (χ4n) is 2.60. The van der Waals surface area contributed by atoms with Crippen LogP contribution in [0, 0.1) is 6.92 Å². The van der Waals surface area contributed by atoms with E-state index in [0.717, 1.165) is 11.3 Å². The lowest BCUT2D eigenvalue weighted by atomic mass is 10.2. The van der Waals surface area contributed by atoms with Gasteiger partial charge in [-0.2, -0.15) is 0 Å². The van der Waals surface area contributed by atoms with Crippen molar-refractivity contribution in [2.75, 3.05) is 18.9 Å². The number of H-pyrrole nitrogens is 1. The Morgan fingerprint density at radius 3 is 2.64 bits per heavy atom. The first-order chi connectivity index (χ1) is 12.0. The molecule has 0 bridgehead atoms. The van der Waals surface area contributed by atoms with Crippen LogP contribution in [0.25, 0.3) is 10.9 Å². The number of aromatic nitrogens is 2. The number of likely N-dealkylation sites (N-methyl/N-ethyl adjacent to an activating group) is 1. The second-order valence-corrected chi connectivity index (χ2v) is 6.12. The highest BCUT2D eigenvalue weighted by atomic mass is 16.2. The van der Waals surface area contributed by atoms with Crippen LogP contribution in [-0.4, -0.2) is 34.4 Å². The van der Waals surface area contributed by atoms with Gasteiger partial charge in [-0.3, -0.25) is 14.5 Å². The highest BCUT2D eigenvalue weighted by Crippen LogP contribution is 2.09. The smallest absolute Gasteiger partial charge is 0.258 e. The summed E-state index contributed by atoms with van der Waals surface area (Å²) in [5, 5.41) is 3.42. The number of hydrogen-bond donors (Lipinski definition) is 2. The van der Waals surface area contributed by atoms with Crippen LogP contribution in [0.4, 0.5) is 5.69 Å². The molecule has 0 unspecified atom stereocenters. The van der Waals surface area contributed by atoms with E-state index in [1.54, 1.807) is 23.1 Å². The molecular formula is C19H20N4O2. The minimum Gasteiger partial charge on any atom is -0.325 e. The van der Waals surface area contributed by atoms with Gasteiger partial charge in [0.15, 0.2) is 0 Å². The Balaban J connectivity index is 1.64. The van der Waals surface area contributed by atoms with Crippen LogP contribution in [0.5, 0.6) is 0 Å². The van der Waals surface area contributed by atoms with Gasteiger partial charge >= 0.3 is 0 Å². The Kier molecular flexibility index (Phi) is 4.90. The van der Waals surface area contributed by atoms with Crippen LogP contribution < -0.4 is 10.9 Å². The molecule has 0 aliphatic heterocycles. The number of carbonyl (C=O) groups is 1.